The number of nitrogens with zero attached hydrogens (tertiary/aromatic N) is 2. The molecule has 1 aromatic rings. The highest BCUT2D eigenvalue weighted by Crippen LogP contribution is 2.34. The Kier molecular flexibility index (Phi) is 3.72. The minimum atomic E-state index is 0.334. The summed E-state index contributed by atoms with van der Waals surface area (Å²) in [4.78, 5) is 0. The Morgan fingerprint density at radius 3 is 2.56 bits per heavy atom. The van der Waals surface area contributed by atoms with E-state index in [9.17, 15) is 0 Å². The van der Waals surface area contributed by atoms with E-state index in [-0.39, 0.29) is 0 Å². The first-order valence-corrected chi connectivity index (χ1v) is 5.90. The summed E-state index contributed by atoms with van der Waals surface area (Å²) >= 11 is 0. The van der Waals surface area contributed by atoms with Crippen molar-refractivity contribution in [1.82, 2.24) is 15.5 Å². The van der Waals surface area contributed by atoms with Gasteiger partial charge in [-0.3, -0.25) is 0 Å². The molecule has 0 spiro atoms. The number of methoxy groups -OCH3 is 1. The first-order chi connectivity index (χ1) is 7.85. The van der Waals surface area contributed by atoms with Crippen LogP contribution in [-0.4, -0.2) is 24.4 Å². The van der Waals surface area contributed by atoms with Gasteiger partial charge in [-0.2, -0.15) is 5.10 Å². The zero-order valence-electron chi connectivity index (χ0n) is 9.94. The molecule has 2 rings (SSSR count). The summed E-state index contributed by atoms with van der Waals surface area (Å²) in [6.45, 7) is 0. The van der Waals surface area contributed by atoms with Crippen molar-refractivity contribution in [2.75, 3.05) is 14.2 Å². The molecule has 0 aromatic carbocycles. The number of nitrogens with one attached hydrogen (secondary N) is 1. The van der Waals surface area contributed by atoms with Crippen molar-refractivity contribution in [3.8, 4) is 5.88 Å². The van der Waals surface area contributed by atoms with Crippen molar-refractivity contribution < 1.29 is 4.74 Å². The van der Waals surface area contributed by atoms with Crippen LogP contribution in [0.5, 0.6) is 5.88 Å². The average Bonchev–Trinajstić information content (AvgIpc) is 2.85. The third kappa shape index (κ3) is 2.32. The van der Waals surface area contributed by atoms with E-state index < -0.39 is 0 Å². The molecule has 1 N–H and O–H groups in total. The monoisotopic (exact) mass is 221 g/mol. The minimum absolute atomic E-state index is 0.334. The molecule has 1 atom stereocenters. The van der Waals surface area contributed by atoms with Crippen molar-refractivity contribution in [3.63, 3.8) is 0 Å². The van der Waals surface area contributed by atoms with E-state index in [1.807, 2.05) is 19.2 Å². The first-order valence-electron chi connectivity index (χ1n) is 5.90. The molecule has 1 heterocycles. The summed E-state index contributed by atoms with van der Waals surface area (Å²) in [5.74, 6) is 1.28. The summed E-state index contributed by atoms with van der Waals surface area (Å²) in [6, 6.07) is 4.22. The normalized spacial score (nSPS) is 18.6. The average molecular weight is 221 g/mol. The Hall–Kier alpha value is -1.16. The van der Waals surface area contributed by atoms with E-state index in [4.69, 9.17) is 4.74 Å². The second kappa shape index (κ2) is 5.25. The second-order valence-electron chi connectivity index (χ2n) is 4.31. The Morgan fingerprint density at radius 2 is 2.06 bits per heavy atom. The van der Waals surface area contributed by atoms with Gasteiger partial charge in [0.2, 0.25) is 5.88 Å². The van der Waals surface area contributed by atoms with Crippen LogP contribution in [0.25, 0.3) is 0 Å². The summed E-state index contributed by atoms with van der Waals surface area (Å²) < 4.78 is 5.01. The number of ether oxygens (including phenoxy) is 1. The maximum absolute atomic E-state index is 5.01. The highest BCUT2D eigenvalue weighted by Gasteiger charge is 2.26. The molecule has 0 radical (unpaired) electrons. The van der Waals surface area contributed by atoms with Crippen LogP contribution in [0.2, 0.25) is 0 Å². The second-order valence-corrected chi connectivity index (χ2v) is 4.31. The number of aromatic nitrogens is 2. The fraction of sp³-hybridized carbons (Fsp3) is 0.667. The van der Waals surface area contributed by atoms with E-state index in [2.05, 4.69) is 15.5 Å². The lowest BCUT2D eigenvalue weighted by Gasteiger charge is -2.21. The molecule has 1 aliphatic rings. The fourth-order valence-electron chi connectivity index (χ4n) is 2.52. The van der Waals surface area contributed by atoms with Crippen LogP contribution < -0.4 is 10.1 Å². The van der Waals surface area contributed by atoms with E-state index in [1.54, 1.807) is 7.11 Å². The molecule has 88 valence electrons. The Bertz CT molecular complexity index is 320. The minimum Gasteiger partial charge on any atom is -0.480 e. The van der Waals surface area contributed by atoms with Gasteiger partial charge in [0, 0.05) is 6.07 Å². The molecule has 1 saturated carbocycles. The molecular weight excluding hydrogens is 202 g/mol. The van der Waals surface area contributed by atoms with Gasteiger partial charge in [0.15, 0.2) is 0 Å². The predicted octanol–water partition coefficient (Wildman–Crippen LogP) is 1.94. The third-order valence-electron chi connectivity index (χ3n) is 3.37. The third-order valence-corrected chi connectivity index (χ3v) is 3.37. The molecule has 1 unspecified atom stereocenters. The number of rotatable bonds is 4. The molecule has 0 saturated heterocycles. The van der Waals surface area contributed by atoms with Crippen molar-refractivity contribution in [3.05, 3.63) is 17.8 Å². The van der Waals surface area contributed by atoms with Crippen LogP contribution in [0, 0.1) is 5.92 Å². The maximum Gasteiger partial charge on any atom is 0.233 e. The van der Waals surface area contributed by atoms with Gasteiger partial charge < -0.3 is 10.1 Å². The van der Waals surface area contributed by atoms with Crippen LogP contribution >= 0.6 is 0 Å². The van der Waals surface area contributed by atoms with Gasteiger partial charge in [0.1, 0.15) is 0 Å². The SMILES string of the molecule is CNC(c1ccc(OC)nn1)C1CCCC1. The molecule has 0 amide bonds. The van der Waals surface area contributed by atoms with Crippen LogP contribution in [0.1, 0.15) is 37.4 Å². The molecule has 1 aromatic heterocycles. The summed E-state index contributed by atoms with van der Waals surface area (Å²) in [6.07, 6.45) is 5.26. The highest BCUT2D eigenvalue weighted by atomic mass is 16.5. The van der Waals surface area contributed by atoms with Gasteiger partial charge in [0.05, 0.1) is 18.8 Å². The zero-order chi connectivity index (χ0) is 11.4. The molecule has 0 aliphatic heterocycles. The van der Waals surface area contributed by atoms with Gasteiger partial charge in [-0.25, -0.2) is 0 Å². The molecule has 4 heteroatoms. The Labute approximate surface area is 96.4 Å². The maximum atomic E-state index is 5.01. The topological polar surface area (TPSA) is 47.0 Å². The lowest BCUT2D eigenvalue weighted by atomic mass is 9.95. The van der Waals surface area contributed by atoms with Gasteiger partial charge in [-0.1, -0.05) is 12.8 Å². The molecule has 4 nitrogen and oxygen atoms in total. The fourth-order valence-corrected chi connectivity index (χ4v) is 2.52. The van der Waals surface area contributed by atoms with E-state index in [0.29, 0.717) is 17.8 Å². The Morgan fingerprint density at radius 1 is 1.31 bits per heavy atom. The van der Waals surface area contributed by atoms with Crippen molar-refractivity contribution >= 4 is 0 Å². The Balaban J connectivity index is 2.12. The zero-order valence-corrected chi connectivity index (χ0v) is 9.94. The molecule has 0 bridgehead atoms. The van der Waals surface area contributed by atoms with Gasteiger partial charge >= 0.3 is 0 Å². The van der Waals surface area contributed by atoms with Gasteiger partial charge in [-0.15, -0.1) is 5.10 Å². The summed E-state index contributed by atoms with van der Waals surface area (Å²) in [7, 11) is 3.60. The van der Waals surface area contributed by atoms with Crippen molar-refractivity contribution in [2.24, 2.45) is 5.92 Å². The molecular formula is C12H19N3O. The van der Waals surface area contributed by atoms with Crippen LogP contribution in [0.15, 0.2) is 12.1 Å². The van der Waals surface area contributed by atoms with E-state index in [1.165, 1.54) is 25.7 Å². The van der Waals surface area contributed by atoms with Crippen LogP contribution in [-0.2, 0) is 0 Å². The van der Waals surface area contributed by atoms with Crippen molar-refractivity contribution in [1.29, 1.82) is 0 Å². The molecule has 1 fully saturated rings. The molecule has 16 heavy (non-hydrogen) atoms. The summed E-state index contributed by atoms with van der Waals surface area (Å²) in [5, 5.41) is 11.6. The van der Waals surface area contributed by atoms with E-state index >= 15 is 0 Å². The largest absolute Gasteiger partial charge is 0.480 e. The quantitative estimate of drug-likeness (QED) is 0.844. The lowest BCUT2D eigenvalue weighted by molar-refractivity contribution is 0.368. The predicted molar refractivity (Wildman–Crippen MR) is 62.3 cm³/mol. The molecule has 1 aliphatic carbocycles. The van der Waals surface area contributed by atoms with Crippen LogP contribution in [0.4, 0.5) is 0 Å². The smallest absolute Gasteiger partial charge is 0.233 e. The number of hydrogen-bond donors (Lipinski definition) is 1. The van der Waals surface area contributed by atoms with E-state index in [0.717, 1.165) is 5.69 Å². The van der Waals surface area contributed by atoms with Crippen molar-refractivity contribution in [2.45, 2.75) is 31.7 Å². The number of hydrogen-bond acceptors (Lipinski definition) is 4. The lowest BCUT2D eigenvalue weighted by Crippen LogP contribution is -2.24. The summed E-state index contributed by atoms with van der Waals surface area (Å²) in [5.41, 5.74) is 1.02. The first kappa shape index (κ1) is 11.3. The van der Waals surface area contributed by atoms with Crippen LogP contribution in [0.3, 0.4) is 0 Å². The van der Waals surface area contributed by atoms with Gasteiger partial charge in [-0.05, 0) is 31.9 Å². The standard InChI is InChI=1S/C12H19N3O/c1-13-12(9-5-3-4-6-9)10-7-8-11(16-2)15-14-10/h7-9,12-13H,3-6H2,1-2H3. The van der Waals surface area contributed by atoms with Gasteiger partial charge in [0.25, 0.3) is 0 Å². The highest BCUT2D eigenvalue weighted by molar-refractivity contribution is 5.15.